The van der Waals surface area contributed by atoms with Gasteiger partial charge in [-0.05, 0) is 0 Å². The third kappa shape index (κ3) is 3.91. The normalized spacial score (nSPS) is 21.0. The first-order valence-corrected chi connectivity index (χ1v) is 11.8. The maximum Gasteiger partial charge on any atom is 0.353 e. The molecule has 0 radical (unpaired) electrons. The number of oxime groups is 1. The standard InChI is InChI=1S/C14H12N8O5S4/c15-12-17-3(1-29-12)5(21-27)8(23)18-6-9(24)22-7(11(25)26)4(2-28-10(6)22)30-14-20-19-13(16)31-14/h1,6,10,27H,2H2,(H2,15,17)(H2,16,19)(H,18,23)(H,25,26)/t6-,10?/m1/s1. The Morgan fingerprint density at radius 3 is 2.68 bits per heavy atom. The van der Waals surface area contributed by atoms with Gasteiger partial charge in [0.25, 0.3) is 11.8 Å². The minimum atomic E-state index is -1.28. The number of amides is 2. The van der Waals surface area contributed by atoms with E-state index in [1.165, 1.54) is 17.1 Å². The van der Waals surface area contributed by atoms with E-state index in [0.29, 0.717) is 9.24 Å². The van der Waals surface area contributed by atoms with Gasteiger partial charge in [0.2, 0.25) is 5.13 Å². The number of nitrogens with zero attached hydrogens (tertiary/aromatic N) is 5. The molecule has 162 valence electrons. The highest BCUT2D eigenvalue weighted by molar-refractivity contribution is 8.07. The zero-order valence-electron chi connectivity index (χ0n) is 15.1. The van der Waals surface area contributed by atoms with E-state index < -0.39 is 34.9 Å². The third-order valence-electron chi connectivity index (χ3n) is 4.13. The number of hydrogen-bond acceptors (Lipinski definition) is 14. The number of thiazole rings is 1. The monoisotopic (exact) mass is 500 g/mol. The molecule has 0 aromatic carbocycles. The van der Waals surface area contributed by atoms with Crippen molar-refractivity contribution in [3.05, 3.63) is 21.7 Å². The molecule has 0 spiro atoms. The van der Waals surface area contributed by atoms with E-state index in [0.717, 1.165) is 39.3 Å². The number of β-lactam (4-membered cyclic amide) rings is 1. The first-order valence-electron chi connectivity index (χ1n) is 8.22. The molecule has 2 aliphatic rings. The van der Waals surface area contributed by atoms with Crippen LogP contribution in [0, 0.1) is 0 Å². The second kappa shape index (κ2) is 8.33. The molecule has 17 heteroatoms. The molecular formula is C14H12N8O5S4. The second-order valence-electron chi connectivity index (χ2n) is 5.97. The number of carboxylic acids is 1. The van der Waals surface area contributed by atoms with Crippen molar-refractivity contribution in [2.75, 3.05) is 17.2 Å². The predicted octanol–water partition coefficient (Wildman–Crippen LogP) is -0.174. The number of nitrogens with one attached hydrogen (secondary N) is 1. The van der Waals surface area contributed by atoms with Crippen molar-refractivity contribution >= 4 is 80.0 Å². The van der Waals surface area contributed by atoms with Crippen molar-refractivity contribution in [3.63, 3.8) is 0 Å². The van der Waals surface area contributed by atoms with Crippen LogP contribution >= 0.6 is 46.2 Å². The molecule has 2 aliphatic heterocycles. The van der Waals surface area contributed by atoms with Crippen molar-refractivity contribution in [3.8, 4) is 0 Å². The summed E-state index contributed by atoms with van der Waals surface area (Å²) < 4.78 is 0.453. The fourth-order valence-electron chi connectivity index (χ4n) is 2.86. The molecule has 1 fully saturated rings. The van der Waals surface area contributed by atoms with Crippen LogP contribution in [0.2, 0.25) is 0 Å². The van der Waals surface area contributed by atoms with Crippen LogP contribution in [0.4, 0.5) is 10.3 Å². The summed E-state index contributed by atoms with van der Waals surface area (Å²) in [5.41, 5.74) is 10.6. The van der Waals surface area contributed by atoms with E-state index >= 15 is 0 Å². The number of rotatable bonds is 6. The smallest absolute Gasteiger partial charge is 0.353 e. The Balaban J connectivity index is 1.52. The third-order valence-corrected chi connectivity index (χ3v) is 8.16. The lowest BCUT2D eigenvalue weighted by molar-refractivity contribution is -0.150. The molecule has 0 saturated carbocycles. The summed E-state index contributed by atoms with van der Waals surface area (Å²) in [5.74, 6) is -2.44. The molecule has 0 aliphatic carbocycles. The summed E-state index contributed by atoms with van der Waals surface area (Å²) >= 11 is 4.51. The van der Waals surface area contributed by atoms with Gasteiger partial charge in [0, 0.05) is 16.0 Å². The van der Waals surface area contributed by atoms with Gasteiger partial charge in [-0.25, -0.2) is 9.78 Å². The van der Waals surface area contributed by atoms with Gasteiger partial charge in [0.15, 0.2) is 15.2 Å². The average molecular weight is 501 g/mol. The lowest BCUT2D eigenvalue weighted by atomic mass is 10.0. The SMILES string of the molecule is Nc1nc(C(=NO)C(=O)N[C@@H]2C(=O)N3C(C(=O)O)=C(Sc4nnc(N)s4)CSC23)cs1. The van der Waals surface area contributed by atoms with Crippen LogP contribution < -0.4 is 16.8 Å². The number of nitrogens with two attached hydrogens (primary N) is 2. The zero-order chi connectivity index (χ0) is 22.3. The molecule has 2 aromatic heterocycles. The fourth-order valence-corrected chi connectivity index (χ4v) is 6.68. The number of thioether (sulfide) groups is 2. The number of carbonyl (C=O) groups is 3. The maximum absolute atomic E-state index is 12.7. The first kappa shape index (κ1) is 21.3. The number of hydrogen-bond donors (Lipinski definition) is 5. The summed E-state index contributed by atoms with van der Waals surface area (Å²) in [6, 6.07) is -0.997. The van der Waals surface area contributed by atoms with E-state index in [2.05, 4.69) is 25.7 Å². The molecule has 31 heavy (non-hydrogen) atoms. The van der Waals surface area contributed by atoms with Crippen LogP contribution in [0.5, 0.6) is 0 Å². The minimum Gasteiger partial charge on any atom is -0.477 e. The fraction of sp³-hybridized carbons (Fsp3) is 0.214. The molecular weight excluding hydrogens is 488 g/mol. The molecule has 4 rings (SSSR count). The highest BCUT2D eigenvalue weighted by Gasteiger charge is 2.54. The highest BCUT2D eigenvalue weighted by Crippen LogP contribution is 2.45. The number of nitrogen functional groups attached to an aromatic ring is 2. The van der Waals surface area contributed by atoms with Crippen LogP contribution in [-0.4, -0.2) is 71.1 Å². The molecule has 1 unspecified atom stereocenters. The van der Waals surface area contributed by atoms with Crippen molar-refractivity contribution < 1.29 is 24.7 Å². The number of carbonyl (C=O) groups excluding carboxylic acids is 2. The van der Waals surface area contributed by atoms with Crippen LogP contribution in [0.3, 0.4) is 0 Å². The van der Waals surface area contributed by atoms with Crippen molar-refractivity contribution in [2.24, 2.45) is 5.16 Å². The zero-order valence-corrected chi connectivity index (χ0v) is 18.3. The molecule has 2 aromatic rings. The summed E-state index contributed by atoms with van der Waals surface area (Å²) in [6.07, 6.45) is 0. The Labute approximate surface area is 189 Å². The molecule has 0 bridgehead atoms. The van der Waals surface area contributed by atoms with Gasteiger partial charge in [-0.15, -0.1) is 33.3 Å². The molecule has 2 atom stereocenters. The van der Waals surface area contributed by atoms with Crippen molar-refractivity contribution in [2.45, 2.75) is 15.8 Å². The Morgan fingerprint density at radius 1 is 1.32 bits per heavy atom. The summed E-state index contributed by atoms with van der Waals surface area (Å²) in [5, 5.41) is 33.1. The predicted molar refractivity (Wildman–Crippen MR) is 115 cm³/mol. The molecule has 7 N–H and O–H groups in total. The summed E-state index contributed by atoms with van der Waals surface area (Å²) in [7, 11) is 0. The topological polar surface area (TPSA) is 210 Å². The van der Waals surface area contributed by atoms with Crippen molar-refractivity contribution in [1.82, 2.24) is 25.4 Å². The van der Waals surface area contributed by atoms with Crippen LogP contribution in [-0.2, 0) is 14.4 Å². The lowest BCUT2D eigenvalue weighted by Crippen LogP contribution is -2.71. The van der Waals surface area contributed by atoms with Gasteiger partial charge >= 0.3 is 5.97 Å². The van der Waals surface area contributed by atoms with Gasteiger partial charge in [-0.1, -0.05) is 28.3 Å². The quantitative estimate of drug-likeness (QED) is 0.151. The molecule has 2 amide bonds. The number of aromatic nitrogens is 3. The average Bonchev–Trinajstić information content (AvgIpc) is 3.34. The lowest BCUT2D eigenvalue weighted by Gasteiger charge is -2.49. The second-order valence-corrected chi connectivity index (χ2v) is 10.3. The summed E-state index contributed by atoms with van der Waals surface area (Å²) in [4.78, 5) is 42.5. The van der Waals surface area contributed by atoms with E-state index in [1.54, 1.807) is 0 Å². The Morgan fingerprint density at radius 2 is 2.10 bits per heavy atom. The maximum atomic E-state index is 12.7. The Kier molecular flexibility index (Phi) is 5.73. The van der Waals surface area contributed by atoms with E-state index in [-0.39, 0.29) is 27.4 Å². The van der Waals surface area contributed by atoms with Gasteiger partial charge < -0.3 is 27.1 Å². The number of anilines is 2. The highest BCUT2D eigenvalue weighted by atomic mass is 32.2. The van der Waals surface area contributed by atoms with Gasteiger partial charge in [-0.2, -0.15) is 0 Å². The number of aliphatic carboxylic acids is 1. The van der Waals surface area contributed by atoms with E-state index in [1.807, 2.05) is 0 Å². The van der Waals surface area contributed by atoms with Crippen LogP contribution in [0.15, 0.2) is 25.5 Å². The summed E-state index contributed by atoms with van der Waals surface area (Å²) in [6.45, 7) is 0. The first-order chi connectivity index (χ1) is 14.8. The Hall–Kier alpha value is -2.89. The number of fused-ring (bicyclic) bond motifs is 1. The molecule has 1 saturated heterocycles. The van der Waals surface area contributed by atoms with Crippen LogP contribution in [0.1, 0.15) is 5.69 Å². The Bertz CT molecular complexity index is 1140. The van der Waals surface area contributed by atoms with Gasteiger partial charge in [0.05, 0.1) is 0 Å². The van der Waals surface area contributed by atoms with E-state index in [4.69, 9.17) is 11.5 Å². The largest absolute Gasteiger partial charge is 0.477 e. The number of carboxylic acid groups (broad SMARTS) is 1. The van der Waals surface area contributed by atoms with E-state index in [9.17, 15) is 24.7 Å². The van der Waals surface area contributed by atoms with Gasteiger partial charge in [0.1, 0.15) is 22.8 Å². The van der Waals surface area contributed by atoms with Crippen molar-refractivity contribution in [1.29, 1.82) is 0 Å². The van der Waals surface area contributed by atoms with Crippen LogP contribution in [0.25, 0.3) is 0 Å². The molecule has 4 heterocycles. The minimum absolute atomic E-state index is 0.0589. The molecule has 13 nitrogen and oxygen atoms in total. The van der Waals surface area contributed by atoms with Gasteiger partial charge in [-0.3, -0.25) is 14.5 Å².